The van der Waals surface area contributed by atoms with Crippen molar-refractivity contribution >= 4 is 0 Å². The van der Waals surface area contributed by atoms with Crippen molar-refractivity contribution < 1.29 is 4.39 Å². The number of nitrogens with zero attached hydrogens (tertiary/aromatic N) is 1. The van der Waals surface area contributed by atoms with E-state index in [9.17, 15) is 4.39 Å². The van der Waals surface area contributed by atoms with E-state index in [0.29, 0.717) is 6.42 Å². The summed E-state index contributed by atoms with van der Waals surface area (Å²) >= 11 is 0. The highest BCUT2D eigenvalue weighted by atomic mass is 19.1. The number of piperazine rings is 1. The maximum Gasteiger partial charge on any atom is 0.0912 e. The Labute approximate surface area is 128 Å². The minimum atomic E-state index is -0.251. The summed E-state index contributed by atoms with van der Waals surface area (Å²) in [6.45, 7) is 14.8. The smallest absolute Gasteiger partial charge is 0.0912 e. The number of halogens is 1. The third-order valence-electron chi connectivity index (χ3n) is 5.37. The van der Waals surface area contributed by atoms with Crippen molar-refractivity contribution in [2.75, 3.05) is 32.9 Å². The summed E-state index contributed by atoms with van der Waals surface area (Å²) in [6.07, 6.45) is 0.601. The van der Waals surface area contributed by atoms with Crippen LogP contribution in [0.3, 0.4) is 0 Å². The van der Waals surface area contributed by atoms with Crippen LogP contribution in [0.4, 0.5) is 4.39 Å². The normalized spacial score (nSPS) is 18.0. The van der Waals surface area contributed by atoms with Crippen molar-refractivity contribution in [2.45, 2.75) is 47.1 Å². The molecule has 1 aliphatic heterocycles. The summed E-state index contributed by atoms with van der Waals surface area (Å²) in [4.78, 5) is 2.46. The van der Waals surface area contributed by atoms with Gasteiger partial charge in [0, 0.05) is 32.2 Å². The molecule has 3 heteroatoms. The van der Waals surface area contributed by atoms with E-state index in [2.05, 4.69) is 44.8 Å². The van der Waals surface area contributed by atoms with Gasteiger partial charge in [-0.1, -0.05) is 0 Å². The molecule has 1 aliphatic rings. The number of benzene rings is 1. The first-order chi connectivity index (χ1) is 9.99. The van der Waals surface area contributed by atoms with Gasteiger partial charge in [0.15, 0.2) is 0 Å². The van der Waals surface area contributed by atoms with Gasteiger partial charge in [-0.3, -0.25) is 9.29 Å². The van der Waals surface area contributed by atoms with Crippen molar-refractivity contribution in [1.29, 1.82) is 0 Å². The first kappa shape index (κ1) is 16.4. The van der Waals surface area contributed by atoms with Gasteiger partial charge < -0.3 is 5.32 Å². The topological polar surface area (TPSA) is 15.3 Å². The predicted octanol–water partition coefficient (Wildman–Crippen LogP) is 3.53. The van der Waals surface area contributed by atoms with Gasteiger partial charge in [0.2, 0.25) is 0 Å². The molecule has 1 N–H and O–H groups in total. The SMILES string of the molecule is Cc1c(C)c(C)c([C@@H](CCF)N2CCNCC2)c(C)c1C. The fourth-order valence-corrected chi connectivity index (χ4v) is 3.64. The first-order valence-electron chi connectivity index (χ1n) is 8.06. The van der Waals surface area contributed by atoms with Crippen LogP contribution in [0, 0.1) is 34.6 Å². The highest BCUT2D eigenvalue weighted by molar-refractivity contribution is 5.50. The van der Waals surface area contributed by atoms with Crippen LogP contribution < -0.4 is 5.32 Å². The quantitative estimate of drug-likeness (QED) is 0.913. The average molecular weight is 292 g/mol. The zero-order chi connectivity index (χ0) is 15.6. The van der Waals surface area contributed by atoms with E-state index in [1.54, 1.807) is 0 Å². The number of rotatable bonds is 4. The van der Waals surface area contributed by atoms with Gasteiger partial charge in [0.05, 0.1) is 6.67 Å². The van der Waals surface area contributed by atoms with E-state index < -0.39 is 0 Å². The molecule has 0 aliphatic carbocycles. The summed E-state index contributed by atoms with van der Waals surface area (Å²) in [5, 5.41) is 3.39. The molecular formula is C18H29FN2. The molecule has 0 bridgehead atoms. The molecule has 1 aromatic rings. The van der Waals surface area contributed by atoms with E-state index in [1.165, 1.54) is 33.4 Å². The fourth-order valence-electron chi connectivity index (χ4n) is 3.64. The second-order valence-electron chi connectivity index (χ2n) is 6.32. The Balaban J connectivity index is 2.49. The minimum Gasteiger partial charge on any atom is -0.314 e. The molecule has 1 saturated heterocycles. The Morgan fingerprint density at radius 1 is 0.905 bits per heavy atom. The van der Waals surface area contributed by atoms with Crippen molar-refractivity contribution in [1.82, 2.24) is 10.2 Å². The second kappa shape index (κ2) is 6.89. The van der Waals surface area contributed by atoms with E-state index in [0.717, 1.165) is 26.2 Å². The van der Waals surface area contributed by atoms with Crippen LogP contribution in [0.5, 0.6) is 0 Å². The van der Waals surface area contributed by atoms with Gasteiger partial charge in [-0.15, -0.1) is 0 Å². The average Bonchev–Trinajstić information content (AvgIpc) is 2.51. The minimum absolute atomic E-state index is 0.218. The highest BCUT2D eigenvalue weighted by Gasteiger charge is 2.26. The lowest BCUT2D eigenvalue weighted by Crippen LogP contribution is -2.45. The van der Waals surface area contributed by atoms with Crippen LogP contribution in [0.25, 0.3) is 0 Å². The van der Waals surface area contributed by atoms with Crippen molar-refractivity contribution in [3.8, 4) is 0 Å². The van der Waals surface area contributed by atoms with Gasteiger partial charge in [0.25, 0.3) is 0 Å². The maximum atomic E-state index is 13.2. The Morgan fingerprint density at radius 3 is 1.86 bits per heavy atom. The van der Waals surface area contributed by atoms with Gasteiger partial charge in [-0.2, -0.15) is 0 Å². The summed E-state index contributed by atoms with van der Waals surface area (Å²) in [5.74, 6) is 0. The number of hydrogen-bond acceptors (Lipinski definition) is 2. The van der Waals surface area contributed by atoms with Crippen LogP contribution in [0.2, 0.25) is 0 Å². The van der Waals surface area contributed by atoms with E-state index in [4.69, 9.17) is 0 Å². The third-order valence-corrected chi connectivity index (χ3v) is 5.37. The van der Waals surface area contributed by atoms with Gasteiger partial charge in [-0.05, 0) is 74.4 Å². The molecule has 2 rings (SSSR count). The summed E-state index contributed by atoms with van der Waals surface area (Å²) in [7, 11) is 0. The van der Waals surface area contributed by atoms with Gasteiger partial charge in [-0.25, -0.2) is 0 Å². The molecule has 0 radical (unpaired) electrons. The monoisotopic (exact) mass is 292 g/mol. The molecule has 1 aromatic carbocycles. The number of hydrogen-bond donors (Lipinski definition) is 1. The van der Waals surface area contributed by atoms with Crippen LogP contribution >= 0.6 is 0 Å². The molecule has 21 heavy (non-hydrogen) atoms. The lowest BCUT2D eigenvalue weighted by molar-refractivity contribution is 0.156. The largest absolute Gasteiger partial charge is 0.314 e. The van der Waals surface area contributed by atoms with Crippen LogP contribution in [0.1, 0.15) is 45.8 Å². The molecule has 2 nitrogen and oxygen atoms in total. The highest BCUT2D eigenvalue weighted by Crippen LogP contribution is 2.35. The van der Waals surface area contributed by atoms with E-state index in [1.807, 2.05) is 0 Å². The second-order valence-corrected chi connectivity index (χ2v) is 6.32. The lowest BCUT2D eigenvalue weighted by Gasteiger charge is -2.37. The molecule has 0 aromatic heterocycles. The summed E-state index contributed by atoms with van der Waals surface area (Å²) in [5.41, 5.74) is 8.20. The molecule has 0 saturated carbocycles. The van der Waals surface area contributed by atoms with E-state index in [-0.39, 0.29) is 12.7 Å². The Morgan fingerprint density at radius 2 is 1.38 bits per heavy atom. The third kappa shape index (κ3) is 3.14. The first-order valence-corrected chi connectivity index (χ1v) is 8.06. The zero-order valence-electron chi connectivity index (χ0n) is 14.1. The van der Waals surface area contributed by atoms with Crippen molar-refractivity contribution in [3.05, 3.63) is 33.4 Å². The predicted molar refractivity (Wildman–Crippen MR) is 87.9 cm³/mol. The Kier molecular flexibility index (Phi) is 5.39. The van der Waals surface area contributed by atoms with Crippen LogP contribution in [-0.2, 0) is 0 Å². The van der Waals surface area contributed by atoms with Crippen molar-refractivity contribution in [3.63, 3.8) is 0 Å². The summed E-state index contributed by atoms with van der Waals surface area (Å²) in [6, 6.07) is 0.218. The Hall–Kier alpha value is -0.930. The molecule has 1 atom stereocenters. The number of nitrogens with one attached hydrogen (secondary N) is 1. The van der Waals surface area contributed by atoms with Crippen molar-refractivity contribution in [2.24, 2.45) is 0 Å². The maximum absolute atomic E-state index is 13.2. The standard InChI is InChI=1S/C18H29FN2/c1-12-13(2)15(4)18(16(5)14(12)3)17(6-7-19)21-10-8-20-9-11-21/h17,20H,6-11H2,1-5H3/t17-/m1/s1. The molecule has 0 unspecified atom stereocenters. The van der Waals surface area contributed by atoms with Gasteiger partial charge >= 0.3 is 0 Å². The zero-order valence-corrected chi connectivity index (χ0v) is 14.1. The summed E-state index contributed by atoms with van der Waals surface area (Å²) < 4.78 is 13.2. The molecular weight excluding hydrogens is 263 g/mol. The van der Waals surface area contributed by atoms with Crippen LogP contribution in [0.15, 0.2) is 0 Å². The Bertz CT molecular complexity index is 475. The molecule has 118 valence electrons. The number of alkyl halides is 1. The fraction of sp³-hybridized carbons (Fsp3) is 0.667. The van der Waals surface area contributed by atoms with Gasteiger partial charge in [0.1, 0.15) is 0 Å². The van der Waals surface area contributed by atoms with E-state index >= 15 is 0 Å². The van der Waals surface area contributed by atoms with Crippen LogP contribution in [-0.4, -0.2) is 37.8 Å². The lowest BCUT2D eigenvalue weighted by atomic mass is 9.84. The molecule has 1 fully saturated rings. The molecule has 0 spiro atoms. The molecule has 0 amide bonds. The molecule has 1 heterocycles.